The first kappa shape index (κ1) is 12.4. The van der Waals surface area contributed by atoms with E-state index in [1.807, 2.05) is 6.08 Å². The molecule has 2 atom stereocenters. The van der Waals surface area contributed by atoms with Gasteiger partial charge in [-0.2, -0.15) is 0 Å². The molecule has 0 saturated heterocycles. The highest BCUT2D eigenvalue weighted by Gasteiger charge is 2.45. The van der Waals surface area contributed by atoms with Crippen LogP contribution in [-0.4, -0.2) is 0 Å². The van der Waals surface area contributed by atoms with Crippen LogP contribution in [-0.2, 0) is 0 Å². The Morgan fingerprint density at radius 1 is 1.41 bits per heavy atom. The first-order chi connectivity index (χ1) is 8.06. The van der Waals surface area contributed by atoms with Crippen LogP contribution in [0.15, 0.2) is 47.6 Å². The van der Waals surface area contributed by atoms with Crippen molar-refractivity contribution in [1.82, 2.24) is 0 Å². The minimum atomic E-state index is 0.222. The fourth-order valence-electron chi connectivity index (χ4n) is 3.68. The van der Waals surface area contributed by atoms with Crippen molar-refractivity contribution >= 4 is 0 Å². The van der Waals surface area contributed by atoms with Gasteiger partial charge < -0.3 is 0 Å². The van der Waals surface area contributed by atoms with Crippen LogP contribution in [0.2, 0.25) is 0 Å². The zero-order valence-electron chi connectivity index (χ0n) is 11.5. The van der Waals surface area contributed by atoms with Crippen molar-refractivity contribution in [2.75, 3.05) is 0 Å². The van der Waals surface area contributed by atoms with Gasteiger partial charge >= 0.3 is 0 Å². The lowest BCUT2D eigenvalue weighted by Crippen LogP contribution is -2.27. The van der Waals surface area contributed by atoms with Gasteiger partial charge in [-0.25, -0.2) is 0 Å². The number of fused-ring (bicyclic) bond motifs is 1. The molecular formula is C17H24. The molecule has 0 spiro atoms. The molecule has 0 N–H and O–H groups in total. The maximum atomic E-state index is 4.28. The first-order valence-electron chi connectivity index (χ1n) is 6.75. The molecule has 2 aliphatic carbocycles. The average Bonchev–Trinajstić information content (AvgIpc) is 2.73. The van der Waals surface area contributed by atoms with E-state index in [0.717, 1.165) is 5.92 Å². The van der Waals surface area contributed by atoms with E-state index in [0.29, 0.717) is 0 Å². The van der Waals surface area contributed by atoms with E-state index >= 15 is 0 Å². The predicted octanol–water partition coefficient (Wildman–Crippen LogP) is 5.20. The van der Waals surface area contributed by atoms with E-state index in [2.05, 4.69) is 40.0 Å². The quantitative estimate of drug-likeness (QED) is 0.570. The van der Waals surface area contributed by atoms with Gasteiger partial charge in [-0.15, -0.1) is 0 Å². The van der Waals surface area contributed by atoms with Crippen LogP contribution in [0.3, 0.4) is 0 Å². The Balaban J connectivity index is 2.61. The molecule has 0 heteroatoms. The summed E-state index contributed by atoms with van der Waals surface area (Å²) < 4.78 is 0. The average molecular weight is 228 g/mol. The number of rotatable bonds is 2. The molecule has 0 nitrogen and oxygen atoms in total. The van der Waals surface area contributed by atoms with Crippen molar-refractivity contribution in [2.24, 2.45) is 11.3 Å². The van der Waals surface area contributed by atoms with Crippen LogP contribution >= 0.6 is 0 Å². The lowest BCUT2D eigenvalue weighted by atomic mass is 9.64. The summed E-state index contributed by atoms with van der Waals surface area (Å²) in [6, 6.07) is 0. The highest BCUT2D eigenvalue weighted by atomic mass is 14.5. The molecule has 0 heterocycles. The van der Waals surface area contributed by atoms with Gasteiger partial charge in [-0.3, -0.25) is 0 Å². The van der Waals surface area contributed by atoms with Crippen LogP contribution in [0.4, 0.5) is 0 Å². The van der Waals surface area contributed by atoms with Crippen LogP contribution in [0.25, 0.3) is 0 Å². The molecule has 2 unspecified atom stereocenters. The second-order valence-corrected chi connectivity index (χ2v) is 5.62. The van der Waals surface area contributed by atoms with Crippen LogP contribution < -0.4 is 0 Å². The minimum absolute atomic E-state index is 0.222. The van der Waals surface area contributed by atoms with E-state index in [1.165, 1.54) is 31.3 Å². The molecule has 0 aromatic carbocycles. The summed E-state index contributed by atoms with van der Waals surface area (Å²) in [4.78, 5) is 0. The minimum Gasteiger partial charge on any atom is -0.0988 e. The van der Waals surface area contributed by atoms with Crippen molar-refractivity contribution in [2.45, 2.75) is 46.5 Å². The van der Waals surface area contributed by atoms with Crippen molar-refractivity contribution in [3.8, 4) is 0 Å². The van der Waals surface area contributed by atoms with E-state index in [1.54, 1.807) is 16.7 Å². The standard InChI is InChI=1S/C17H24/c1-6-13(4)17-10-8-12(3)14(5)16(17)15(7-2)9-11-17/h6-7,12H,1,4,8-11H2,2-3,5H3/b15-7+. The Morgan fingerprint density at radius 3 is 2.71 bits per heavy atom. The molecule has 0 radical (unpaired) electrons. The van der Waals surface area contributed by atoms with Crippen LogP contribution in [0.1, 0.15) is 46.5 Å². The van der Waals surface area contributed by atoms with E-state index in [-0.39, 0.29) is 5.41 Å². The van der Waals surface area contributed by atoms with Gasteiger partial charge in [0.2, 0.25) is 0 Å². The second-order valence-electron chi connectivity index (χ2n) is 5.62. The third-order valence-corrected chi connectivity index (χ3v) is 4.97. The molecule has 0 aromatic rings. The summed E-state index contributed by atoms with van der Waals surface area (Å²) >= 11 is 0. The highest BCUT2D eigenvalue weighted by Crippen LogP contribution is 2.58. The molecular weight excluding hydrogens is 204 g/mol. The SMILES string of the molecule is C=CC(=C)C12CC/C(=C\C)C1=C(C)C(C)CC2. The van der Waals surface area contributed by atoms with Crippen LogP contribution in [0, 0.1) is 11.3 Å². The zero-order valence-corrected chi connectivity index (χ0v) is 11.5. The molecule has 1 fully saturated rings. The molecule has 92 valence electrons. The third-order valence-electron chi connectivity index (χ3n) is 4.97. The fourth-order valence-corrected chi connectivity index (χ4v) is 3.68. The Bertz CT molecular complexity index is 419. The Kier molecular flexibility index (Phi) is 3.16. The molecule has 0 bridgehead atoms. The van der Waals surface area contributed by atoms with E-state index in [9.17, 15) is 0 Å². The van der Waals surface area contributed by atoms with Gasteiger partial charge in [0.15, 0.2) is 0 Å². The summed E-state index contributed by atoms with van der Waals surface area (Å²) in [5.74, 6) is 0.726. The Labute approximate surface area is 106 Å². The highest BCUT2D eigenvalue weighted by molar-refractivity contribution is 5.53. The fraction of sp³-hybridized carbons (Fsp3) is 0.529. The zero-order chi connectivity index (χ0) is 12.6. The summed E-state index contributed by atoms with van der Waals surface area (Å²) in [7, 11) is 0. The molecule has 2 aliphatic rings. The number of hydrogen-bond acceptors (Lipinski definition) is 0. The van der Waals surface area contributed by atoms with Gasteiger partial charge in [0.25, 0.3) is 0 Å². The van der Waals surface area contributed by atoms with Crippen molar-refractivity contribution in [3.05, 3.63) is 47.6 Å². The lowest BCUT2D eigenvalue weighted by molar-refractivity contribution is 0.343. The molecule has 0 aliphatic heterocycles. The molecule has 1 saturated carbocycles. The smallest absolute Gasteiger partial charge is 0.0202 e. The summed E-state index contributed by atoms with van der Waals surface area (Å²) in [5.41, 5.74) is 6.20. The normalized spacial score (nSPS) is 35.0. The Hall–Kier alpha value is -1.04. The van der Waals surface area contributed by atoms with Gasteiger partial charge in [0, 0.05) is 5.41 Å². The lowest BCUT2D eigenvalue weighted by Gasteiger charge is -2.39. The molecule has 0 amide bonds. The number of hydrogen-bond donors (Lipinski definition) is 0. The third kappa shape index (κ3) is 1.66. The Morgan fingerprint density at radius 2 is 2.12 bits per heavy atom. The maximum Gasteiger partial charge on any atom is 0.0202 e. The van der Waals surface area contributed by atoms with Crippen molar-refractivity contribution in [3.63, 3.8) is 0 Å². The maximum absolute atomic E-state index is 4.28. The van der Waals surface area contributed by atoms with E-state index in [4.69, 9.17) is 0 Å². The summed E-state index contributed by atoms with van der Waals surface area (Å²) in [6.45, 7) is 15.1. The summed E-state index contributed by atoms with van der Waals surface area (Å²) in [6.07, 6.45) is 9.26. The van der Waals surface area contributed by atoms with Gasteiger partial charge in [0.1, 0.15) is 0 Å². The molecule has 0 aromatic heterocycles. The monoisotopic (exact) mass is 228 g/mol. The molecule has 2 rings (SSSR count). The molecule has 17 heavy (non-hydrogen) atoms. The largest absolute Gasteiger partial charge is 0.0988 e. The summed E-state index contributed by atoms with van der Waals surface area (Å²) in [5, 5.41) is 0. The topological polar surface area (TPSA) is 0 Å². The van der Waals surface area contributed by atoms with Gasteiger partial charge in [-0.05, 0) is 62.2 Å². The van der Waals surface area contributed by atoms with Crippen molar-refractivity contribution < 1.29 is 0 Å². The number of allylic oxidation sites excluding steroid dienone is 6. The van der Waals surface area contributed by atoms with Gasteiger partial charge in [0.05, 0.1) is 0 Å². The predicted molar refractivity (Wildman–Crippen MR) is 75.9 cm³/mol. The van der Waals surface area contributed by atoms with Crippen molar-refractivity contribution in [1.29, 1.82) is 0 Å². The van der Waals surface area contributed by atoms with Crippen LogP contribution in [0.5, 0.6) is 0 Å². The first-order valence-corrected chi connectivity index (χ1v) is 6.75. The van der Waals surface area contributed by atoms with Gasteiger partial charge in [-0.1, -0.05) is 37.8 Å². The van der Waals surface area contributed by atoms with E-state index < -0.39 is 0 Å². The second kappa shape index (κ2) is 4.33.